The van der Waals surface area contributed by atoms with Crippen molar-refractivity contribution in [2.45, 2.75) is 13.8 Å². The van der Waals surface area contributed by atoms with E-state index in [1.54, 1.807) is 18.7 Å². The number of carbonyl (C=O) groups is 1. The first-order valence-corrected chi connectivity index (χ1v) is 6.23. The van der Waals surface area contributed by atoms with Crippen molar-refractivity contribution in [3.63, 3.8) is 0 Å². The van der Waals surface area contributed by atoms with Gasteiger partial charge in [-0.3, -0.25) is 9.69 Å². The van der Waals surface area contributed by atoms with Crippen molar-refractivity contribution < 1.29 is 9.90 Å². The van der Waals surface area contributed by atoms with Crippen LogP contribution in [0.2, 0.25) is 0 Å². The minimum absolute atomic E-state index is 0.00588. The highest BCUT2D eigenvalue weighted by atomic mass is 32.1. The van der Waals surface area contributed by atoms with Crippen molar-refractivity contribution in [1.82, 2.24) is 9.80 Å². The summed E-state index contributed by atoms with van der Waals surface area (Å²) in [5.41, 5.74) is 4.82. The third-order valence-corrected chi connectivity index (χ3v) is 3.74. The second-order valence-corrected chi connectivity index (χ2v) is 5.29. The molecule has 6 heteroatoms. The van der Waals surface area contributed by atoms with Crippen LogP contribution in [0.3, 0.4) is 0 Å². The van der Waals surface area contributed by atoms with E-state index in [9.17, 15) is 4.79 Å². The van der Waals surface area contributed by atoms with Gasteiger partial charge in [-0.05, 0) is 13.8 Å². The van der Waals surface area contributed by atoms with Gasteiger partial charge in [0, 0.05) is 32.7 Å². The molecular formula is C11H21N3O2S. The van der Waals surface area contributed by atoms with Crippen LogP contribution in [0.15, 0.2) is 0 Å². The number of hydrogen-bond donors (Lipinski definition) is 2. The molecule has 0 saturated carbocycles. The zero-order valence-electron chi connectivity index (χ0n) is 10.5. The maximum Gasteiger partial charge on any atom is 0.235 e. The van der Waals surface area contributed by atoms with Crippen molar-refractivity contribution in [3.8, 4) is 0 Å². The van der Waals surface area contributed by atoms with Gasteiger partial charge < -0.3 is 15.7 Å². The highest BCUT2D eigenvalue weighted by molar-refractivity contribution is 7.80. The van der Waals surface area contributed by atoms with E-state index in [2.05, 4.69) is 4.90 Å². The first-order chi connectivity index (χ1) is 7.89. The van der Waals surface area contributed by atoms with Gasteiger partial charge in [0.1, 0.15) is 0 Å². The number of rotatable bonds is 4. The fourth-order valence-corrected chi connectivity index (χ4v) is 1.90. The van der Waals surface area contributed by atoms with Crippen LogP contribution in [-0.4, -0.2) is 65.1 Å². The molecule has 0 bridgehead atoms. The van der Waals surface area contributed by atoms with Gasteiger partial charge in [0.05, 0.1) is 17.0 Å². The molecule has 98 valence electrons. The maximum atomic E-state index is 12.2. The molecule has 0 aromatic carbocycles. The van der Waals surface area contributed by atoms with Gasteiger partial charge in [0.2, 0.25) is 5.91 Å². The number of amides is 1. The number of nitrogens with two attached hydrogens (primary N) is 1. The number of nitrogens with zero attached hydrogens (tertiary/aromatic N) is 2. The molecule has 0 aliphatic carbocycles. The summed E-state index contributed by atoms with van der Waals surface area (Å²) in [6.45, 7) is 7.28. The molecule has 1 rings (SSSR count). The summed E-state index contributed by atoms with van der Waals surface area (Å²) in [5, 5.41) is 8.84. The van der Waals surface area contributed by atoms with Crippen LogP contribution in [0.1, 0.15) is 13.8 Å². The fraction of sp³-hybridized carbons (Fsp3) is 0.818. The summed E-state index contributed by atoms with van der Waals surface area (Å²) in [5.74, 6) is -0.00588. The molecule has 1 amide bonds. The van der Waals surface area contributed by atoms with E-state index in [-0.39, 0.29) is 17.5 Å². The average Bonchev–Trinajstić information content (AvgIpc) is 2.29. The Morgan fingerprint density at radius 3 is 2.29 bits per heavy atom. The van der Waals surface area contributed by atoms with Crippen LogP contribution in [0.4, 0.5) is 0 Å². The van der Waals surface area contributed by atoms with Crippen LogP contribution in [0.25, 0.3) is 0 Å². The Hall–Kier alpha value is -0.720. The monoisotopic (exact) mass is 259 g/mol. The molecule has 1 aliphatic rings. The first kappa shape index (κ1) is 14.3. The second kappa shape index (κ2) is 5.75. The molecule has 5 nitrogen and oxygen atoms in total. The zero-order chi connectivity index (χ0) is 13.1. The largest absolute Gasteiger partial charge is 0.395 e. The molecular weight excluding hydrogens is 238 g/mol. The van der Waals surface area contributed by atoms with Gasteiger partial charge in [0.15, 0.2) is 0 Å². The topological polar surface area (TPSA) is 69.8 Å². The van der Waals surface area contributed by atoms with Crippen LogP contribution in [0.5, 0.6) is 0 Å². The standard InChI is InChI=1S/C11H21N3O2S/c1-11(2,9(12)17)10(16)14-5-3-13(4-6-14)7-8-15/h15H,3-8H2,1-2H3,(H2,12,17). The number of carbonyl (C=O) groups excluding carboxylic acids is 1. The summed E-state index contributed by atoms with van der Waals surface area (Å²) < 4.78 is 0. The molecule has 0 unspecified atom stereocenters. The predicted octanol–water partition coefficient (Wildman–Crippen LogP) is -0.565. The van der Waals surface area contributed by atoms with Crippen LogP contribution < -0.4 is 5.73 Å². The van der Waals surface area contributed by atoms with Gasteiger partial charge in [-0.15, -0.1) is 0 Å². The molecule has 3 N–H and O–H groups in total. The molecule has 0 aromatic rings. The molecule has 0 aromatic heterocycles. The van der Waals surface area contributed by atoms with Gasteiger partial charge >= 0.3 is 0 Å². The normalized spacial score (nSPS) is 18.2. The van der Waals surface area contributed by atoms with Crippen molar-refractivity contribution in [3.05, 3.63) is 0 Å². The number of aliphatic hydroxyl groups excluding tert-OH is 1. The summed E-state index contributed by atoms with van der Waals surface area (Å²) in [6.07, 6.45) is 0. The first-order valence-electron chi connectivity index (χ1n) is 5.82. The van der Waals surface area contributed by atoms with E-state index in [1.807, 2.05) is 0 Å². The minimum atomic E-state index is -0.769. The van der Waals surface area contributed by atoms with Crippen LogP contribution >= 0.6 is 12.2 Å². The Bertz CT molecular complexity index is 299. The summed E-state index contributed by atoms with van der Waals surface area (Å²) >= 11 is 4.93. The molecule has 1 saturated heterocycles. The molecule has 1 fully saturated rings. The highest BCUT2D eigenvalue weighted by Gasteiger charge is 2.35. The van der Waals surface area contributed by atoms with Crippen molar-refractivity contribution >= 4 is 23.1 Å². The lowest BCUT2D eigenvalue weighted by Gasteiger charge is -2.38. The minimum Gasteiger partial charge on any atom is -0.395 e. The fourth-order valence-electron chi connectivity index (χ4n) is 1.82. The molecule has 17 heavy (non-hydrogen) atoms. The average molecular weight is 259 g/mol. The Kier molecular flexibility index (Phi) is 4.85. The van der Waals surface area contributed by atoms with Gasteiger partial charge in [-0.1, -0.05) is 12.2 Å². The third-order valence-electron chi connectivity index (χ3n) is 3.23. The highest BCUT2D eigenvalue weighted by Crippen LogP contribution is 2.20. The lowest BCUT2D eigenvalue weighted by molar-refractivity contribution is -0.138. The van der Waals surface area contributed by atoms with E-state index in [0.717, 1.165) is 13.1 Å². The van der Waals surface area contributed by atoms with Crippen molar-refractivity contribution in [2.24, 2.45) is 11.1 Å². The lowest BCUT2D eigenvalue weighted by Crippen LogP contribution is -2.54. The van der Waals surface area contributed by atoms with Gasteiger partial charge in [-0.25, -0.2) is 0 Å². The Morgan fingerprint density at radius 2 is 1.88 bits per heavy atom. The third kappa shape index (κ3) is 3.37. The summed E-state index contributed by atoms with van der Waals surface area (Å²) in [4.78, 5) is 16.4. The molecule has 1 aliphatic heterocycles. The van der Waals surface area contributed by atoms with E-state index < -0.39 is 5.41 Å². The van der Waals surface area contributed by atoms with E-state index in [1.165, 1.54) is 0 Å². The predicted molar refractivity (Wildman–Crippen MR) is 70.7 cm³/mol. The Labute approximate surface area is 108 Å². The van der Waals surface area contributed by atoms with E-state index in [4.69, 9.17) is 23.1 Å². The Morgan fingerprint density at radius 1 is 1.35 bits per heavy atom. The van der Waals surface area contributed by atoms with Crippen molar-refractivity contribution in [1.29, 1.82) is 0 Å². The van der Waals surface area contributed by atoms with E-state index >= 15 is 0 Å². The van der Waals surface area contributed by atoms with Crippen molar-refractivity contribution in [2.75, 3.05) is 39.3 Å². The Balaban J connectivity index is 2.54. The molecule has 0 radical (unpaired) electrons. The lowest BCUT2D eigenvalue weighted by atomic mass is 9.91. The van der Waals surface area contributed by atoms with Gasteiger partial charge in [0.25, 0.3) is 0 Å². The molecule has 1 heterocycles. The SMILES string of the molecule is CC(C)(C(=O)N1CCN(CCO)CC1)C(N)=S. The number of β-amino-alcohol motifs (C(OH)–C–C–N with tert-alkyl or cyclic N) is 1. The van der Waals surface area contributed by atoms with Gasteiger partial charge in [-0.2, -0.15) is 0 Å². The molecule has 0 atom stereocenters. The zero-order valence-corrected chi connectivity index (χ0v) is 11.3. The number of hydrogen-bond acceptors (Lipinski definition) is 4. The second-order valence-electron chi connectivity index (χ2n) is 4.85. The molecule has 0 spiro atoms. The summed E-state index contributed by atoms with van der Waals surface area (Å²) in [7, 11) is 0. The smallest absolute Gasteiger partial charge is 0.235 e. The maximum absolute atomic E-state index is 12.2. The van der Waals surface area contributed by atoms with Crippen LogP contribution in [0, 0.1) is 5.41 Å². The quantitative estimate of drug-likeness (QED) is 0.662. The van der Waals surface area contributed by atoms with Crippen LogP contribution in [-0.2, 0) is 4.79 Å². The number of aliphatic hydroxyl groups is 1. The number of thiocarbonyl (C=S) groups is 1. The number of piperazine rings is 1. The van der Waals surface area contributed by atoms with E-state index in [0.29, 0.717) is 19.6 Å². The summed E-state index contributed by atoms with van der Waals surface area (Å²) in [6, 6.07) is 0.